The number of anilines is 1. The Morgan fingerprint density at radius 2 is 1.88 bits per heavy atom. The molecular weight excluding hydrogens is 326 g/mol. The Morgan fingerprint density at radius 1 is 1.04 bits per heavy atom. The molecule has 3 aromatic rings. The topological polar surface area (TPSA) is 55.7 Å². The van der Waals surface area contributed by atoms with Gasteiger partial charge in [-0.3, -0.25) is 5.43 Å². The summed E-state index contributed by atoms with van der Waals surface area (Å²) in [6.07, 6.45) is 3.43. The molecule has 2 aromatic carbocycles. The zero-order valence-electron chi connectivity index (χ0n) is 14.8. The molecule has 0 saturated heterocycles. The summed E-state index contributed by atoms with van der Waals surface area (Å²) in [6, 6.07) is 19.6. The van der Waals surface area contributed by atoms with Crippen molar-refractivity contribution in [2.24, 2.45) is 5.10 Å². The molecule has 1 aromatic heterocycles. The first-order valence-electron chi connectivity index (χ1n) is 8.31. The number of aryl methyl sites for hydroxylation is 1. The van der Waals surface area contributed by atoms with Crippen molar-refractivity contribution in [2.75, 3.05) is 12.5 Å². The van der Waals surface area contributed by atoms with Crippen molar-refractivity contribution in [2.45, 2.75) is 13.5 Å². The highest BCUT2D eigenvalue weighted by atomic mass is 16.5. The van der Waals surface area contributed by atoms with Crippen molar-refractivity contribution in [3.63, 3.8) is 0 Å². The Hall–Kier alpha value is -3.34. The Kier molecular flexibility index (Phi) is 5.83. The van der Waals surface area contributed by atoms with E-state index in [2.05, 4.69) is 46.7 Å². The molecule has 3 rings (SSSR count). The minimum atomic E-state index is 0.476. The van der Waals surface area contributed by atoms with Crippen LogP contribution in [0, 0.1) is 6.92 Å². The molecule has 5 nitrogen and oxygen atoms in total. The van der Waals surface area contributed by atoms with Crippen LogP contribution >= 0.6 is 0 Å². The number of pyridine rings is 1. The second-order valence-electron chi connectivity index (χ2n) is 5.77. The summed E-state index contributed by atoms with van der Waals surface area (Å²) in [5.41, 5.74) is 6.12. The lowest BCUT2D eigenvalue weighted by Gasteiger charge is -2.11. The van der Waals surface area contributed by atoms with E-state index in [-0.39, 0.29) is 0 Å². The lowest BCUT2D eigenvalue weighted by molar-refractivity contribution is 0.284. The van der Waals surface area contributed by atoms with Gasteiger partial charge in [-0.15, -0.1) is 0 Å². The van der Waals surface area contributed by atoms with Gasteiger partial charge in [0.2, 0.25) is 0 Å². The molecule has 0 bridgehead atoms. The number of hydrogen-bond acceptors (Lipinski definition) is 5. The predicted molar refractivity (Wildman–Crippen MR) is 104 cm³/mol. The third kappa shape index (κ3) is 4.83. The number of hydrogen-bond donors (Lipinski definition) is 1. The lowest BCUT2D eigenvalue weighted by Crippen LogP contribution is -1.99. The van der Waals surface area contributed by atoms with Gasteiger partial charge in [0.05, 0.1) is 13.3 Å². The van der Waals surface area contributed by atoms with Crippen LogP contribution in [0.25, 0.3) is 0 Å². The Labute approximate surface area is 153 Å². The first-order valence-corrected chi connectivity index (χ1v) is 8.31. The zero-order valence-corrected chi connectivity index (χ0v) is 14.8. The molecule has 0 aliphatic rings. The standard InChI is InChI=1S/C21H21N3O2/c1-16-6-8-17(9-7-16)15-26-20-13-18(10-11-19(20)25-2)14-23-24-21-5-3-4-12-22-21/h3-14H,15H2,1-2H3,(H,22,24)/b23-14+. The van der Waals surface area contributed by atoms with E-state index in [0.717, 1.165) is 11.1 Å². The molecule has 0 atom stereocenters. The normalized spacial score (nSPS) is 10.7. The van der Waals surface area contributed by atoms with Gasteiger partial charge in [0, 0.05) is 6.20 Å². The maximum Gasteiger partial charge on any atom is 0.162 e. The van der Waals surface area contributed by atoms with Gasteiger partial charge in [0.15, 0.2) is 11.5 Å². The molecule has 0 fully saturated rings. The predicted octanol–water partition coefficient (Wildman–Crippen LogP) is 4.42. The van der Waals surface area contributed by atoms with Crippen LogP contribution in [-0.2, 0) is 6.61 Å². The number of nitrogens with zero attached hydrogens (tertiary/aromatic N) is 2. The molecule has 132 valence electrons. The number of methoxy groups -OCH3 is 1. The van der Waals surface area contributed by atoms with Crippen molar-refractivity contribution >= 4 is 12.0 Å². The highest BCUT2D eigenvalue weighted by Gasteiger charge is 2.06. The highest BCUT2D eigenvalue weighted by Crippen LogP contribution is 2.28. The monoisotopic (exact) mass is 347 g/mol. The molecule has 0 saturated carbocycles. The largest absolute Gasteiger partial charge is 0.493 e. The Balaban J connectivity index is 1.68. The quantitative estimate of drug-likeness (QED) is 0.508. The summed E-state index contributed by atoms with van der Waals surface area (Å²) in [4.78, 5) is 4.15. The van der Waals surface area contributed by atoms with E-state index in [0.29, 0.717) is 23.9 Å². The molecular formula is C21H21N3O2. The van der Waals surface area contributed by atoms with Crippen LogP contribution in [0.15, 0.2) is 72.0 Å². The fourth-order valence-electron chi connectivity index (χ4n) is 2.33. The van der Waals surface area contributed by atoms with Gasteiger partial charge in [-0.05, 0) is 48.4 Å². The summed E-state index contributed by atoms with van der Waals surface area (Å²) in [5.74, 6) is 2.05. The smallest absolute Gasteiger partial charge is 0.162 e. The molecule has 0 aliphatic carbocycles. The van der Waals surface area contributed by atoms with Crippen LogP contribution in [0.4, 0.5) is 5.82 Å². The fourth-order valence-corrected chi connectivity index (χ4v) is 2.33. The molecule has 0 aliphatic heterocycles. The number of nitrogens with one attached hydrogen (secondary N) is 1. The van der Waals surface area contributed by atoms with Gasteiger partial charge in [-0.25, -0.2) is 4.98 Å². The van der Waals surface area contributed by atoms with Gasteiger partial charge in [-0.2, -0.15) is 5.10 Å². The van der Waals surface area contributed by atoms with Crippen molar-refractivity contribution in [3.05, 3.63) is 83.6 Å². The van der Waals surface area contributed by atoms with Crippen molar-refractivity contribution in [1.82, 2.24) is 4.98 Å². The second kappa shape index (κ2) is 8.67. The molecule has 0 unspecified atom stereocenters. The number of aromatic nitrogens is 1. The lowest BCUT2D eigenvalue weighted by atomic mass is 10.1. The van der Waals surface area contributed by atoms with Gasteiger partial charge < -0.3 is 9.47 Å². The number of benzene rings is 2. The summed E-state index contributed by atoms with van der Waals surface area (Å²) in [6.45, 7) is 2.54. The average Bonchev–Trinajstić information content (AvgIpc) is 2.68. The molecule has 1 N–H and O–H groups in total. The number of rotatable bonds is 7. The minimum absolute atomic E-state index is 0.476. The van der Waals surface area contributed by atoms with Crippen LogP contribution in [0.3, 0.4) is 0 Å². The first kappa shape index (κ1) is 17.5. The molecule has 0 radical (unpaired) electrons. The molecule has 0 amide bonds. The van der Waals surface area contributed by atoms with E-state index < -0.39 is 0 Å². The number of hydrazone groups is 1. The van der Waals surface area contributed by atoms with Crippen LogP contribution in [0.1, 0.15) is 16.7 Å². The number of ether oxygens (including phenoxy) is 2. The van der Waals surface area contributed by atoms with Gasteiger partial charge >= 0.3 is 0 Å². The van der Waals surface area contributed by atoms with Crippen LogP contribution in [0.5, 0.6) is 11.5 Å². The maximum atomic E-state index is 5.94. The van der Waals surface area contributed by atoms with E-state index in [1.54, 1.807) is 19.5 Å². The molecule has 1 heterocycles. The fraction of sp³-hybridized carbons (Fsp3) is 0.143. The Morgan fingerprint density at radius 3 is 2.62 bits per heavy atom. The van der Waals surface area contributed by atoms with E-state index in [1.165, 1.54) is 5.56 Å². The minimum Gasteiger partial charge on any atom is -0.493 e. The molecule has 5 heteroatoms. The van der Waals surface area contributed by atoms with Crippen LogP contribution < -0.4 is 14.9 Å². The molecule has 0 spiro atoms. The third-order valence-corrected chi connectivity index (χ3v) is 3.76. The average molecular weight is 347 g/mol. The van der Waals surface area contributed by atoms with E-state index in [4.69, 9.17) is 9.47 Å². The van der Waals surface area contributed by atoms with E-state index >= 15 is 0 Å². The summed E-state index contributed by atoms with van der Waals surface area (Å²) in [7, 11) is 1.63. The SMILES string of the molecule is COc1ccc(/C=N/Nc2ccccn2)cc1OCc1ccc(C)cc1. The summed E-state index contributed by atoms with van der Waals surface area (Å²) < 4.78 is 11.3. The highest BCUT2D eigenvalue weighted by molar-refractivity contribution is 5.81. The maximum absolute atomic E-state index is 5.94. The van der Waals surface area contributed by atoms with Crippen molar-refractivity contribution in [3.8, 4) is 11.5 Å². The van der Waals surface area contributed by atoms with Crippen molar-refractivity contribution in [1.29, 1.82) is 0 Å². The van der Waals surface area contributed by atoms with Gasteiger partial charge in [-0.1, -0.05) is 35.9 Å². The van der Waals surface area contributed by atoms with Crippen molar-refractivity contribution < 1.29 is 9.47 Å². The first-order chi connectivity index (χ1) is 12.7. The third-order valence-electron chi connectivity index (χ3n) is 3.76. The molecule has 26 heavy (non-hydrogen) atoms. The van der Waals surface area contributed by atoms with Crippen LogP contribution in [0.2, 0.25) is 0 Å². The summed E-state index contributed by atoms with van der Waals surface area (Å²) in [5, 5.41) is 4.20. The summed E-state index contributed by atoms with van der Waals surface area (Å²) >= 11 is 0. The zero-order chi connectivity index (χ0) is 18.2. The second-order valence-corrected chi connectivity index (χ2v) is 5.77. The van der Waals surface area contributed by atoms with E-state index in [1.807, 2.05) is 36.4 Å². The van der Waals surface area contributed by atoms with Gasteiger partial charge in [0.1, 0.15) is 12.4 Å². The Bertz CT molecular complexity index is 862. The van der Waals surface area contributed by atoms with Gasteiger partial charge in [0.25, 0.3) is 0 Å². The van der Waals surface area contributed by atoms with E-state index in [9.17, 15) is 0 Å². The van der Waals surface area contributed by atoms with Crippen LogP contribution in [-0.4, -0.2) is 18.3 Å².